The molecule has 0 atom stereocenters. The Labute approximate surface area is 145 Å². The number of rotatable bonds is 9. The number of hydrogen-bond donors (Lipinski definition) is 0. The van der Waals surface area contributed by atoms with Crippen LogP contribution >= 0.6 is 0 Å². The Kier molecular flexibility index (Phi) is 7.93. The van der Waals surface area contributed by atoms with Gasteiger partial charge in [0.05, 0.1) is 6.61 Å². The molecule has 0 spiro atoms. The van der Waals surface area contributed by atoms with Gasteiger partial charge in [0, 0.05) is 0 Å². The van der Waals surface area contributed by atoms with E-state index in [1.54, 1.807) is 13.8 Å². The maximum Gasteiger partial charge on any atom is 0.328 e. The minimum Gasteiger partial charge on any atom is -0.465 e. The van der Waals surface area contributed by atoms with Crippen LogP contribution in [0.4, 0.5) is 13.2 Å². The molecule has 0 saturated carbocycles. The third-order valence-electron chi connectivity index (χ3n) is 4.17. The zero-order valence-electron chi connectivity index (χ0n) is 14.7. The first-order chi connectivity index (χ1) is 11.8. The molecule has 0 radical (unpaired) electrons. The van der Waals surface area contributed by atoms with Crippen LogP contribution in [0.3, 0.4) is 0 Å². The Morgan fingerprint density at radius 1 is 0.960 bits per heavy atom. The van der Waals surface area contributed by atoms with Crippen LogP contribution in [0.15, 0.2) is 12.1 Å². The molecule has 0 bridgehead atoms. The van der Waals surface area contributed by atoms with Gasteiger partial charge >= 0.3 is 11.9 Å². The molecule has 1 aromatic carbocycles. The Balaban J connectivity index is 2.95. The Morgan fingerprint density at radius 2 is 1.60 bits per heavy atom. The lowest BCUT2D eigenvalue weighted by molar-refractivity contribution is -0.168. The molecule has 4 nitrogen and oxygen atoms in total. The second kappa shape index (κ2) is 9.44. The van der Waals surface area contributed by atoms with E-state index in [0.717, 1.165) is 18.9 Å². The summed E-state index contributed by atoms with van der Waals surface area (Å²) in [4.78, 5) is 24.8. The second-order valence-electron chi connectivity index (χ2n) is 5.70. The lowest BCUT2D eigenvalue weighted by Gasteiger charge is -2.26. The summed E-state index contributed by atoms with van der Waals surface area (Å²) in [6.07, 6.45) is 2.63. The first-order valence-electron chi connectivity index (χ1n) is 8.37. The number of carbonyl (C=O) groups excluding carboxylic acids is 2. The van der Waals surface area contributed by atoms with Gasteiger partial charge in [0.2, 0.25) is 5.82 Å². The van der Waals surface area contributed by atoms with Crippen molar-refractivity contribution in [3.05, 3.63) is 29.6 Å². The number of esters is 2. The lowest BCUT2D eigenvalue weighted by Crippen LogP contribution is -2.42. The largest absolute Gasteiger partial charge is 0.465 e. The maximum atomic E-state index is 13.7. The Hall–Kier alpha value is -2.05. The molecule has 0 amide bonds. The van der Waals surface area contributed by atoms with Gasteiger partial charge in [-0.15, -0.1) is 0 Å². The van der Waals surface area contributed by atoms with E-state index in [4.69, 9.17) is 9.47 Å². The third kappa shape index (κ3) is 4.74. The molecule has 0 aliphatic rings. The average Bonchev–Trinajstić information content (AvgIpc) is 2.61. The Morgan fingerprint density at radius 3 is 2.16 bits per heavy atom. The summed E-state index contributed by atoms with van der Waals surface area (Å²) >= 11 is 0. The third-order valence-corrected chi connectivity index (χ3v) is 4.17. The molecule has 1 aromatic rings. The van der Waals surface area contributed by atoms with E-state index in [9.17, 15) is 22.8 Å². The van der Waals surface area contributed by atoms with Gasteiger partial charge in [-0.3, -0.25) is 9.59 Å². The van der Waals surface area contributed by atoms with Crippen LogP contribution in [0.5, 0.6) is 5.75 Å². The molecule has 140 valence electrons. The fourth-order valence-electron chi connectivity index (χ4n) is 2.35. The highest BCUT2D eigenvalue weighted by Crippen LogP contribution is 2.32. The summed E-state index contributed by atoms with van der Waals surface area (Å²) in [7, 11) is 0. The molecule has 0 saturated heterocycles. The number of hydrogen-bond acceptors (Lipinski definition) is 4. The average molecular weight is 360 g/mol. The quantitative estimate of drug-likeness (QED) is 0.213. The summed E-state index contributed by atoms with van der Waals surface area (Å²) in [5, 5.41) is 0. The topological polar surface area (TPSA) is 52.6 Å². The van der Waals surface area contributed by atoms with Gasteiger partial charge in [-0.1, -0.05) is 33.6 Å². The van der Waals surface area contributed by atoms with Crippen molar-refractivity contribution < 1.29 is 32.2 Å². The van der Waals surface area contributed by atoms with E-state index in [1.165, 1.54) is 0 Å². The normalized spacial score (nSPS) is 11.3. The lowest BCUT2D eigenvalue weighted by atomic mass is 9.82. The smallest absolute Gasteiger partial charge is 0.328 e. The summed E-state index contributed by atoms with van der Waals surface area (Å²) in [5.41, 5.74) is -1.62. The molecular weight excluding hydrogens is 337 g/mol. The van der Waals surface area contributed by atoms with E-state index >= 15 is 0 Å². The number of benzene rings is 1. The first kappa shape index (κ1) is 21.0. The van der Waals surface area contributed by atoms with Gasteiger partial charge in [-0.25, -0.2) is 8.78 Å². The van der Waals surface area contributed by atoms with Crippen LogP contribution in [0.2, 0.25) is 0 Å². The van der Waals surface area contributed by atoms with Gasteiger partial charge in [0.15, 0.2) is 22.8 Å². The van der Waals surface area contributed by atoms with E-state index in [-0.39, 0.29) is 19.4 Å². The molecular formula is C18H23F3O4. The highest BCUT2D eigenvalue weighted by atomic mass is 19.2. The number of ether oxygens (including phenoxy) is 2. The van der Waals surface area contributed by atoms with Crippen LogP contribution in [0, 0.1) is 22.9 Å². The van der Waals surface area contributed by atoms with Gasteiger partial charge in [0.25, 0.3) is 0 Å². The summed E-state index contributed by atoms with van der Waals surface area (Å²) < 4.78 is 49.9. The second-order valence-corrected chi connectivity index (χ2v) is 5.70. The van der Waals surface area contributed by atoms with Crippen molar-refractivity contribution in [3.8, 4) is 5.75 Å². The molecule has 0 N–H and O–H groups in total. The van der Waals surface area contributed by atoms with Crippen LogP contribution in [-0.4, -0.2) is 18.5 Å². The first-order valence-corrected chi connectivity index (χ1v) is 8.37. The van der Waals surface area contributed by atoms with Crippen molar-refractivity contribution in [2.24, 2.45) is 5.41 Å². The number of carbonyl (C=O) groups is 2. The van der Waals surface area contributed by atoms with Crippen molar-refractivity contribution in [1.82, 2.24) is 0 Å². The minimum atomic E-state index is -1.74. The minimum absolute atomic E-state index is 0.0697. The van der Waals surface area contributed by atoms with Gasteiger partial charge in [-0.05, 0) is 31.4 Å². The standard InChI is InChI=1S/C18H23F3O4/c1-4-7-8-11-24-16(22)18(5-2,6-3)17(23)25-13-10-9-12(19)14(20)15(13)21/h9-10H,4-8,11H2,1-3H3. The number of halogens is 3. The van der Waals surface area contributed by atoms with Gasteiger partial charge < -0.3 is 9.47 Å². The van der Waals surface area contributed by atoms with Crippen LogP contribution in [0.25, 0.3) is 0 Å². The van der Waals surface area contributed by atoms with E-state index in [1.807, 2.05) is 6.92 Å². The fourth-order valence-corrected chi connectivity index (χ4v) is 2.35. The zero-order chi connectivity index (χ0) is 19.0. The van der Waals surface area contributed by atoms with Crippen LogP contribution < -0.4 is 4.74 Å². The predicted octanol–water partition coefficient (Wildman–Crippen LogP) is 4.55. The van der Waals surface area contributed by atoms with Crippen LogP contribution in [-0.2, 0) is 14.3 Å². The highest BCUT2D eigenvalue weighted by Gasteiger charge is 2.46. The number of unbranched alkanes of at least 4 members (excludes halogenated alkanes) is 2. The monoisotopic (exact) mass is 360 g/mol. The fraction of sp³-hybridized carbons (Fsp3) is 0.556. The Bertz CT molecular complexity index is 613. The highest BCUT2D eigenvalue weighted by molar-refractivity contribution is 6.00. The van der Waals surface area contributed by atoms with Crippen molar-refractivity contribution in [2.75, 3.05) is 6.61 Å². The zero-order valence-corrected chi connectivity index (χ0v) is 14.7. The SMILES string of the molecule is CCCCCOC(=O)C(CC)(CC)C(=O)Oc1ccc(F)c(F)c1F. The van der Waals surface area contributed by atoms with Crippen LogP contribution in [0.1, 0.15) is 52.9 Å². The molecule has 0 aromatic heterocycles. The van der Waals surface area contributed by atoms with Gasteiger partial charge in [0.1, 0.15) is 0 Å². The molecule has 0 unspecified atom stereocenters. The van der Waals surface area contributed by atoms with Crippen molar-refractivity contribution >= 4 is 11.9 Å². The van der Waals surface area contributed by atoms with Gasteiger partial charge in [-0.2, -0.15) is 4.39 Å². The molecule has 0 fully saturated rings. The predicted molar refractivity (Wildman–Crippen MR) is 85.5 cm³/mol. The molecule has 1 rings (SSSR count). The van der Waals surface area contributed by atoms with Crippen molar-refractivity contribution in [3.63, 3.8) is 0 Å². The molecule has 0 heterocycles. The molecule has 25 heavy (non-hydrogen) atoms. The molecule has 7 heteroatoms. The summed E-state index contributed by atoms with van der Waals surface area (Å²) in [6.45, 7) is 5.36. The van der Waals surface area contributed by atoms with E-state index in [2.05, 4.69) is 0 Å². The van der Waals surface area contributed by atoms with Crippen molar-refractivity contribution in [2.45, 2.75) is 52.9 Å². The molecule has 0 aliphatic heterocycles. The van der Waals surface area contributed by atoms with E-state index in [0.29, 0.717) is 12.5 Å². The summed E-state index contributed by atoms with van der Waals surface area (Å²) in [5.74, 6) is -7.35. The summed E-state index contributed by atoms with van der Waals surface area (Å²) in [6, 6.07) is 1.44. The van der Waals surface area contributed by atoms with Crippen molar-refractivity contribution in [1.29, 1.82) is 0 Å². The maximum absolute atomic E-state index is 13.7. The van der Waals surface area contributed by atoms with E-state index < -0.39 is 40.6 Å². The molecule has 0 aliphatic carbocycles.